The Hall–Kier alpha value is 0.120. The fourth-order valence-corrected chi connectivity index (χ4v) is 2.86. The lowest BCUT2D eigenvalue weighted by atomic mass is 10.0. The fourth-order valence-electron chi connectivity index (χ4n) is 1.62. The molecule has 1 aliphatic heterocycles. The van der Waals surface area contributed by atoms with Crippen LogP contribution in [0.25, 0.3) is 0 Å². The van der Waals surface area contributed by atoms with Crippen molar-refractivity contribution in [3.05, 3.63) is 0 Å². The summed E-state index contributed by atoms with van der Waals surface area (Å²) >= 11 is 0. The molecule has 1 aliphatic rings. The molecule has 5 nitrogen and oxygen atoms in total. The lowest BCUT2D eigenvalue weighted by molar-refractivity contribution is 0.285. The van der Waals surface area contributed by atoms with Crippen molar-refractivity contribution in [3.63, 3.8) is 0 Å². The maximum absolute atomic E-state index is 11.8. The van der Waals surface area contributed by atoms with Crippen molar-refractivity contribution in [3.8, 4) is 0 Å². The van der Waals surface area contributed by atoms with E-state index < -0.39 is 10.2 Å². The van der Waals surface area contributed by atoms with E-state index in [0.717, 1.165) is 12.8 Å². The van der Waals surface area contributed by atoms with Gasteiger partial charge < -0.3 is 5.32 Å². The molecule has 0 spiro atoms. The first-order chi connectivity index (χ1) is 7.06. The second-order valence-electron chi connectivity index (χ2n) is 4.08. The summed E-state index contributed by atoms with van der Waals surface area (Å²) in [5, 5.41) is 2.90. The van der Waals surface area contributed by atoms with Gasteiger partial charge >= 0.3 is 0 Å². The Bertz CT molecular complexity index is 276. The molecule has 0 aromatic rings. The number of nitrogens with one attached hydrogen (secondary N) is 2. The first kappa shape index (κ1) is 16.1. The molecule has 1 fully saturated rings. The SMILES string of the molecule is CNCCNS(=O)(=O)N1CCC(C)CC1.Cl. The number of likely N-dealkylation sites (N-methyl/N-ethyl adjacent to an activating group) is 1. The molecule has 1 rings (SSSR count). The van der Waals surface area contributed by atoms with Gasteiger partial charge in [0.25, 0.3) is 10.2 Å². The molecule has 16 heavy (non-hydrogen) atoms. The van der Waals surface area contributed by atoms with Gasteiger partial charge in [-0.25, -0.2) is 4.72 Å². The Balaban J connectivity index is 0.00000225. The van der Waals surface area contributed by atoms with Crippen LogP contribution in [-0.2, 0) is 10.2 Å². The van der Waals surface area contributed by atoms with Gasteiger partial charge in [-0.3, -0.25) is 0 Å². The largest absolute Gasteiger partial charge is 0.318 e. The van der Waals surface area contributed by atoms with Crippen LogP contribution in [0.5, 0.6) is 0 Å². The highest BCUT2D eigenvalue weighted by atomic mass is 35.5. The molecule has 0 atom stereocenters. The Morgan fingerprint density at radius 1 is 1.25 bits per heavy atom. The fraction of sp³-hybridized carbons (Fsp3) is 1.00. The van der Waals surface area contributed by atoms with Crippen LogP contribution in [0.4, 0.5) is 0 Å². The molecule has 0 bridgehead atoms. The predicted octanol–water partition coefficient (Wildman–Crippen LogP) is 0.194. The van der Waals surface area contributed by atoms with E-state index in [2.05, 4.69) is 17.0 Å². The first-order valence-corrected chi connectivity index (χ1v) is 6.89. The van der Waals surface area contributed by atoms with Crippen LogP contribution in [0.15, 0.2) is 0 Å². The lowest BCUT2D eigenvalue weighted by Crippen LogP contribution is -2.46. The highest BCUT2D eigenvalue weighted by Gasteiger charge is 2.25. The summed E-state index contributed by atoms with van der Waals surface area (Å²) in [7, 11) is -1.43. The monoisotopic (exact) mass is 271 g/mol. The third kappa shape index (κ3) is 4.97. The van der Waals surface area contributed by atoms with Crippen molar-refractivity contribution in [1.82, 2.24) is 14.3 Å². The van der Waals surface area contributed by atoms with Gasteiger partial charge in [-0.15, -0.1) is 12.4 Å². The summed E-state index contributed by atoms with van der Waals surface area (Å²) in [6.45, 7) is 4.57. The van der Waals surface area contributed by atoms with Gasteiger partial charge in [0.2, 0.25) is 0 Å². The van der Waals surface area contributed by atoms with Crippen LogP contribution in [0.1, 0.15) is 19.8 Å². The molecule has 0 amide bonds. The maximum atomic E-state index is 11.8. The molecule has 7 heteroatoms. The molecule has 2 N–H and O–H groups in total. The lowest BCUT2D eigenvalue weighted by Gasteiger charge is -2.29. The van der Waals surface area contributed by atoms with E-state index in [9.17, 15) is 8.42 Å². The second-order valence-corrected chi connectivity index (χ2v) is 5.84. The zero-order valence-electron chi connectivity index (χ0n) is 9.90. The Morgan fingerprint density at radius 2 is 1.81 bits per heavy atom. The molecule has 98 valence electrons. The third-order valence-electron chi connectivity index (χ3n) is 2.74. The average molecular weight is 272 g/mol. The second kappa shape index (κ2) is 7.45. The zero-order valence-corrected chi connectivity index (χ0v) is 11.5. The van der Waals surface area contributed by atoms with Crippen LogP contribution in [0.2, 0.25) is 0 Å². The van der Waals surface area contributed by atoms with Crippen molar-refractivity contribution in [2.75, 3.05) is 33.2 Å². The van der Waals surface area contributed by atoms with Gasteiger partial charge in [0, 0.05) is 26.2 Å². The van der Waals surface area contributed by atoms with Gasteiger partial charge in [0.15, 0.2) is 0 Å². The van der Waals surface area contributed by atoms with Gasteiger partial charge in [-0.2, -0.15) is 12.7 Å². The Kier molecular flexibility index (Phi) is 7.50. The number of piperidine rings is 1. The number of halogens is 1. The Labute approximate surface area is 105 Å². The van der Waals surface area contributed by atoms with Gasteiger partial charge in [0.1, 0.15) is 0 Å². The molecular formula is C9H22ClN3O2S. The topological polar surface area (TPSA) is 61.4 Å². The minimum Gasteiger partial charge on any atom is -0.318 e. The molecule has 0 radical (unpaired) electrons. The average Bonchev–Trinajstić information content (AvgIpc) is 2.18. The molecule has 0 aliphatic carbocycles. The standard InChI is InChI=1S/C9H21N3O2S.ClH/c1-9-3-7-12(8-4-9)15(13,14)11-6-5-10-2;/h9-11H,3-8H2,1-2H3;1H. The molecule has 1 saturated heterocycles. The minimum atomic E-state index is -3.24. The zero-order chi connectivity index (χ0) is 11.3. The van der Waals surface area contributed by atoms with E-state index in [1.165, 1.54) is 0 Å². The normalized spacial score (nSPS) is 19.4. The van der Waals surface area contributed by atoms with Crippen LogP contribution >= 0.6 is 12.4 Å². The molecule has 0 saturated carbocycles. The van der Waals surface area contributed by atoms with Crippen molar-refractivity contribution < 1.29 is 8.42 Å². The van der Waals surface area contributed by atoms with Gasteiger partial charge in [0.05, 0.1) is 0 Å². The Morgan fingerprint density at radius 3 is 2.31 bits per heavy atom. The highest BCUT2D eigenvalue weighted by Crippen LogP contribution is 2.17. The van der Waals surface area contributed by atoms with E-state index in [4.69, 9.17) is 0 Å². The van der Waals surface area contributed by atoms with Crippen molar-refractivity contribution >= 4 is 22.6 Å². The van der Waals surface area contributed by atoms with Crippen LogP contribution < -0.4 is 10.0 Å². The highest BCUT2D eigenvalue weighted by molar-refractivity contribution is 7.87. The van der Waals surface area contributed by atoms with E-state index in [1.54, 1.807) is 11.4 Å². The van der Waals surface area contributed by atoms with Gasteiger partial charge in [-0.1, -0.05) is 6.92 Å². The smallest absolute Gasteiger partial charge is 0.279 e. The summed E-state index contributed by atoms with van der Waals surface area (Å²) in [6, 6.07) is 0. The summed E-state index contributed by atoms with van der Waals surface area (Å²) in [6.07, 6.45) is 1.93. The van der Waals surface area contributed by atoms with Crippen molar-refractivity contribution in [2.45, 2.75) is 19.8 Å². The number of nitrogens with zero attached hydrogens (tertiary/aromatic N) is 1. The summed E-state index contributed by atoms with van der Waals surface area (Å²) in [5.74, 6) is 0.647. The van der Waals surface area contributed by atoms with Gasteiger partial charge in [-0.05, 0) is 25.8 Å². The maximum Gasteiger partial charge on any atom is 0.279 e. The van der Waals surface area contributed by atoms with Crippen LogP contribution in [-0.4, -0.2) is 45.9 Å². The minimum absolute atomic E-state index is 0. The quantitative estimate of drug-likeness (QED) is 0.702. The summed E-state index contributed by atoms with van der Waals surface area (Å²) in [5.41, 5.74) is 0. The van der Waals surface area contributed by atoms with E-state index >= 15 is 0 Å². The first-order valence-electron chi connectivity index (χ1n) is 5.45. The van der Waals surface area contributed by atoms with Crippen LogP contribution in [0, 0.1) is 5.92 Å². The van der Waals surface area contributed by atoms with Crippen molar-refractivity contribution in [2.24, 2.45) is 5.92 Å². The molecular weight excluding hydrogens is 250 g/mol. The molecule has 0 unspecified atom stereocenters. The molecule has 0 aromatic heterocycles. The number of hydrogen-bond acceptors (Lipinski definition) is 3. The predicted molar refractivity (Wildman–Crippen MR) is 68.1 cm³/mol. The van der Waals surface area contributed by atoms with E-state index in [0.29, 0.717) is 32.1 Å². The summed E-state index contributed by atoms with van der Waals surface area (Å²) < 4.78 is 27.6. The molecule has 0 aromatic carbocycles. The van der Waals surface area contributed by atoms with E-state index in [1.807, 2.05) is 0 Å². The van der Waals surface area contributed by atoms with Crippen LogP contribution in [0.3, 0.4) is 0 Å². The third-order valence-corrected chi connectivity index (χ3v) is 4.36. The summed E-state index contributed by atoms with van der Waals surface area (Å²) in [4.78, 5) is 0. The number of hydrogen-bond donors (Lipinski definition) is 2. The molecule has 1 heterocycles. The number of rotatable bonds is 5. The van der Waals surface area contributed by atoms with Crippen molar-refractivity contribution in [1.29, 1.82) is 0 Å². The van der Waals surface area contributed by atoms with E-state index in [-0.39, 0.29) is 12.4 Å².